The van der Waals surface area contributed by atoms with Crippen LogP contribution in [-0.4, -0.2) is 78.8 Å². The molecule has 1 atom stereocenters. The molecule has 0 aromatic carbocycles. The Kier molecular flexibility index (Phi) is 5.27. The van der Waals surface area contributed by atoms with Crippen LogP contribution in [-0.2, 0) is 4.79 Å². The monoisotopic (exact) mass is 273 g/mol. The van der Waals surface area contributed by atoms with Crippen LogP contribution in [0.3, 0.4) is 0 Å². The minimum Gasteiger partial charge on any atom is -0.341 e. The van der Waals surface area contributed by atoms with Gasteiger partial charge >= 0.3 is 0 Å². The first-order valence-electron chi connectivity index (χ1n) is 6.98. The van der Waals surface area contributed by atoms with Crippen LogP contribution in [0.4, 0.5) is 0 Å². The van der Waals surface area contributed by atoms with E-state index in [2.05, 4.69) is 16.8 Å². The number of halogens is 1. The number of likely N-dealkylation sites (N-methyl/N-ethyl adjacent to an activating group) is 1. The zero-order valence-electron chi connectivity index (χ0n) is 11.3. The first-order chi connectivity index (χ1) is 8.65. The summed E-state index contributed by atoms with van der Waals surface area (Å²) in [6.07, 6.45) is 2.81. The van der Waals surface area contributed by atoms with E-state index in [1.54, 1.807) is 0 Å². The Morgan fingerprint density at radius 1 is 1.17 bits per heavy atom. The van der Waals surface area contributed by atoms with Gasteiger partial charge in [-0.05, 0) is 26.4 Å². The molecule has 0 radical (unpaired) electrons. The Hall–Kier alpha value is -0.320. The number of amides is 1. The van der Waals surface area contributed by atoms with Gasteiger partial charge in [0.2, 0.25) is 5.91 Å². The van der Waals surface area contributed by atoms with Crippen molar-refractivity contribution in [3.05, 3.63) is 0 Å². The molecular formula is C13H24ClN3O. The molecule has 5 heteroatoms. The van der Waals surface area contributed by atoms with E-state index in [-0.39, 0.29) is 11.3 Å². The van der Waals surface area contributed by atoms with Gasteiger partial charge in [-0.2, -0.15) is 0 Å². The summed E-state index contributed by atoms with van der Waals surface area (Å²) in [6, 6.07) is 0. The number of nitrogens with zero attached hydrogens (tertiary/aromatic N) is 3. The summed E-state index contributed by atoms with van der Waals surface area (Å²) in [5.41, 5.74) is 0. The number of hydrogen-bond donors (Lipinski definition) is 0. The lowest BCUT2D eigenvalue weighted by Gasteiger charge is -2.32. The van der Waals surface area contributed by atoms with Crippen molar-refractivity contribution in [2.75, 3.05) is 52.9 Å². The Labute approximate surface area is 115 Å². The summed E-state index contributed by atoms with van der Waals surface area (Å²) < 4.78 is 0. The van der Waals surface area contributed by atoms with Crippen molar-refractivity contribution in [3.8, 4) is 0 Å². The van der Waals surface area contributed by atoms with E-state index in [4.69, 9.17) is 11.6 Å². The quantitative estimate of drug-likeness (QED) is 0.549. The molecule has 0 spiro atoms. The zero-order valence-corrected chi connectivity index (χ0v) is 12.0. The second kappa shape index (κ2) is 6.73. The van der Waals surface area contributed by atoms with Crippen LogP contribution in [0.1, 0.15) is 19.3 Å². The van der Waals surface area contributed by atoms with Crippen LogP contribution in [0.5, 0.6) is 0 Å². The molecule has 2 fully saturated rings. The third-order valence-corrected chi connectivity index (χ3v) is 4.21. The van der Waals surface area contributed by atoms with E-state index in [1.807, 2.05) is 4.90 Å². The fraction of sp³-hybridized carbons (Fsp3) is 0.923. The standard InChI is InChI=1S/C13H24ClN3O/c1-15-6-8-16(9-7-15)4-2-3-5-17-11-12(14)10-13(17)18/h12H,2-11H2,1H3. The molecule has 0 saturated carbocycles. The molecular weight excluding hydrogens is 250 g/mol. The van der Waals surface area contributed by atoms with Crippen LogP contribution < -0.4 is 0 Å². The van der Waals surface area contributed by atoms with Crippen molar-refractivity contribution in [3.63, 3.8) is 0 Å². The predicted molar refractivity (Wildman–Crippen MR) is 74.0 cm³/mol. The lowest BCUT2D eigenvalue weighted by atomic mass is 10.2. The van der Waals surface area contributed by atoms with Crippen molar-refractivity contribution < 1.29 is 4.79 Å². The SMILES string of the molecule is CN1CCN(CCCCN2CC(Cl)CC2=O)CC1. The predicted octanol–water partition coefficient (Wildman–Crippen LogP) is 0.854. The maximum Gasteiger partial charge on any atom is 0.224 e. The Morgan fingerprint density at radius 2 is 1.83 bits per heavy atom. The van der Waals surface area contributed by atoms with Gasteiger partial charge in [0.05, 0.1) is 5.38 Å². The van der Waals surface area contributed by atoms with Crippen LogP contribution in [0.2, 0.25) is 0 Å². The van der Waals surface area contributed by atoms with E-state index >= 15 is 0 Å². The lowest BCUT2D eigenvalue weighted by molar-refractivity contribution is -0.127. The highest BCUT2D eigenvalue weighted by Crippen LogP contribution is 2.16. The molecule has 1 amide bonds. The fourth-order valence-corrected chi connectivity index (χ4v) is 2.95. The summed E-state index contributed by atoms with van der Waals surface area (Å²) >= 11 is 5.97. The van der Waals surface area contributed by atoms with E-state index in [9.17, 15) is 4.79 Å². The van der Waals surface area contributed by atoms with E-state index in [0.29, 0.717) is 6.42 Å². The number of carbonyl (C=O) groups excluding carboxylic acids is 1. The molecule has 0 aromatic rings. The Balaban J connectivity index is 1.55. The van der Waals surface area contributed by atoms with Gasteiger partial charge < -0.3 is 14.7 Å². The van der Waals surface area contributed by atoms with Gasteiger partial charge in [0.15, 0.2) is 0 Å². The molecule has 2 saturated heterocycles. The van der Waals surface area contributed by atoms with Crippen molar-refractivity contribution in [2.24, 2.45) is 0 Å². The Bertz CT molecular complexity index is 279. The number of likely N-dealkylation sites (tertiary alicyclic amines) is 1. The molecule has 2 aliphatic heterocycles. The highest BCUT2D eigenvalue weighted by molar-refractivity contribution is 6.22. The van der Waals surface area contributed by atoms with E-state index < -0.39 is 0 Å². The molecule has 4 nitrogen and oxygen atoms in total. The summed E-state index contributed by atoms with van der Waals surface area (Å²) in [5.74, 6) is 0.231. The van der Waals surface area contributed by atoms with Gasteiger partial charge in [-0.25, -0.2) is 0 Å². The average molecular weight is 274 g/mol. The molecule has 0 N–H and O–H groups in total. The van der Waals surface area contributed by atoms with Crippen LogP contribution in [0.15, 0.2) is 0 Å². The molecule has 0 aliphatic carbocycles. The van der Waals surface area contributed by atoms with Crippen LogP contribution >= 0.6 is 11.6 Å². The largest absolute Gasteiger partial charge is 0.341 e. The highest BCUT2D eigenvalue weighted by atomic mass is 35.5. The average Bonchev–Trinajstić information content (AvgIpc) is 2.66. The number of alkyl halides is 1. The van der Waals surface area contributed by atoms with Gasteiger partial charge in [0.25, 0.3) is 0 Å². The fourth-order valence-electron chi connectivity index (χ4n) is 2.65. The summed E-state index contributed by atoms with van der Waals surface area (Å²) in [4.78, 5) is 18.4. The minimum atomic E-state index is 0.0372. The second-order valence-electron chi connectivity index (χ2n) is 5.49. The van der Waals surface area contributed by atoms with Crippen molar-refractivity contribution in [1.82, 2.24) is 14.7 Å². The number of unbranched alkanes of at least 4 members (excludes halogenated alkanes) is 1. The number of piperazine rings is 1. The normalized spacial score (nSPS) is 27.1. The molecule has 1 unspecified atom stereocenters. The molecule has 18 heavy (non-hydrogen) atoms. The maximum atomic E-state index is 11.5. The summed E-state index contributed by atoms with van der Waals surface area (Å²) in [6.45, 7) is 7.52. The van der Waals surface area contributed by atoms with Gasteiger partial charge in [0, 0.05) is 45.7 Å². The minimum absolute atomic E-state index is 0.0372. The third-order valence-electron chi connectivity index (χ3n) is 3.92. The zero-order chi connectivity index (χ0) is 13.0. The maximum absolute atomic E-state index is 11.5. The Morgan fingerprint density at radius 3 is 2.44 bits per heavy atom. The molecule has 104 valence electrons. The van der Waals surface area contributed by atoms with Gasteiger partial charge in [-0.1, -0.05) is 0 Å². The molecule has 0 aromatic heterocycles. The summed E-state index contributed by atoms with van der Waals surface area (Å²) in [7, 11) is 2.18. The van der Waals surface area contributed by atoms with Crippen molar-refractivity contribution in [1.29, 1.82) is 0 Å². The van der Waals surface area contributed by atoms with Crippen molar-refractivity contribution in [2.45, 2.75) is 24.6 Å². The number of hydrogen-bond acceptors (Lipinski definition) is 3. The topological polar surface area (TPSA) is 26.8 Å². The first kappa shape index (κ1) is 14.1. The lowest BCUT2D eigenvalue weighted by Crippen LogP contribution is -2.44. The van der Waals surface area contributed by atoms with Gasteiger partial charge in [0.1, 0.15) is 0 Å². The molecule has 2 rings (SSSR count). The highest BCUT2D eigenvalue weighted by Gasteiger charge is 2.27. The van der Waals surface area contributed by atoms with Gasteiger partial charge in [-0.15, -0.1) is 11.6 Å². The van der Waals surface area contributed by atoms with Crippen LogP contribution in [0.25, 0.3) is 0 Å². The summed E-state index contributed by atoms with van der Waals surface area (Å²) in [5, 5.41) is 0.0372. The number of carbonyl (C=O) groups is 1. The first-order valence-corrected chi connectivity index (χ1v) is 7.41. The number of rotatable bonds is 5. The third kappa shape index (κ3) is 4.11. The smallest absolute Gasteiger partial charge is 0.224 e. The van der Waals surface area contributed by atoms with Crippen molar-refractivity contribution >= 4 is 17.5 Å². The van der Waals surface area contributed by atoms with E-state index in [0.717, 1.165) is 19.5 Å². The van der Waals surface area contributed by atoms with E-state index in [1.165, 1.54) is 39.1 Å². The molecule has 2 aliphatic rings. The van der Waals surface area contributed by atoms with Crippen LogP contribution in [0, 0.1) is 0 Å². The molecule has 2 heterocycles. The van der Waals surface area contributed by atoms with Gasteiger partial charge in [-0.3, -0.25) is 4.79 Å². The molecule has 0 bridgehead atoms. The second-order valence-corrected chi connectivity index (χ2v) is 6.11.